The molecule has 1 nitrogen and oxygen atoms in total. The summed E-state index contributed by atoms with van der Waals surface area (Å²) in [7, 11) is 5.82. The van der Waals surface area contributed by atoms with Gasteiger partial charge in [-0.1, -0.05) is 0 Å². The van der Waals surface area contributed by atoms with E-state index in [-0.39, 0.29) is 0 Å². The summed E-state index contributed by atoms with van der Waals surface area (Å²) in [4.78, 5) is 0. The maximum absolute atomic E-state index is 5.82. The SMILES string of the molecule is CC(C)c1cccc(C(C)C)c1[N]=[V][Cl]. The van der Waals surface area contributed by atoms with Crippen LogP contribution >= 0.6 is 9.85 Å². The van der Waals surface area contributed by atoms with Crippen molar-refractivity contribution in [2.24, 2.45) is 3.79 Å². The zero-order valence-corrected chi connectivity index (χ0v) is 11.8. The Morgan fingerprint density at radius 2 is 1.53 bits per heavy atom. The Labute approximate surface area is 103 Å². The quantitative estimate of drug-likeness (QED) is 0.727. The topological polar surface area (TPSA) is 12.4 Å². The molecule has 0 aromatic heterocycles. The molecule has 15 heavy (non-hydrogen) atoms. The van der Waals surface area contributed by atoms with E-state index >= 15 is 0 Å². The van der Waals surface area contributed by atoms with Gasteiger partial charge in [0.25, 0.3) is 0 Å². The van der Waals surface area contributed by atoms with Crippen molar-refractivity contribution in [1.29, 1.82) is 0 Å². The Morgan fingerprint density at radius 3 is 1.87 bits per heavy atom. The van der Waals surface area contributed by atoms with Gasteiger partial charge < -0.3 is 0 Å². The molecule has 1 aromatic rings. The van der Waals surface area contributed by atoms with Gasteiger partial charge in [0.1, 0.15) is 0 Å². The first-order chi connectivity index (χ1) is 7.07. The fraction of sp³-hybridized carbons (Fsp3) is 0.500. The summed E-state index contributed by atoms with van der Waals surface area (Å²) < 4.78 is 4.51. The van der Waals surface area contributed by atoms with E-state index in [1.807, 2.05) is 0 Å². The molecule has 0 fully saturated rings. The summed E-state index contributed by atoms with van der Waals surface area (Å²) >= 11 is -0.426. The molecule has 0 saturated carbocycles. The van der Waals surface area contributed by atoms with Crippen LogP contribution in [0.25, 0.3) is 0 Å². The molecule has 0 heterocycles. The first-order valence-electron chi connectivity index (χ1n) is 5.22. The predicted molar refractivity (Wildman–Crippen MR) is 62.6 cm³/mol. The number of nitrogens with zero attached hydrogens (tertiary/aromatic N) is 1. The molecule has 0 saturated heterocycles. The number of benzene rings is 1. The zero-order valence-electron chi connectivity index (χ0n) is 9.66. The third kappa shape index (κ3) is 3.17. The van der Waals surface area contributed by atoms with Crippen LogP contribution in [0.15, 0.2) is 22.0 Å². The summed E-state index contributed by atoms with van der Waals surface area (Å²) in [6, 6.07) is 6.43. The summed E-state index contributed by atoms with van der Waals surface area (Å²) in [5.74, 6) is 1.01. The monoisotopic (exact) mass is 261 g/mol. The molecular formula is C12H17ClNV. The Bertz CT molecular complexity index is 332. The van der Waals surface area contributed by atoms with Crippen molar-refractivity contribution in [3.63, 3.8) is 0 Å². The Kier molecular flexibility index (Phi) is 5.04. The van der Waals surface area contributed by atoms with Crippen molar-refractivity contribution >= 4 is 15.5 Å². The number of hydrogen-bond donors (Lipinski definition) is 0. The van der Waals surface area contributed by atoms with Crippen LogP contribution in [-0.4, -0.2) is 0 Å². The van der Waals surface area contributed by atoms with E-state index in [1.54, 1.807) is 0 Å². The van der Waals surface area contributed by atoms with Gasteiger partial charge in [-0.2, -0.15) is 0 Å². The van der Waals surface area contributed by atoms with Gasteiger partial charge in [0.05, 0.1) is 0 Å². The Morgan fingerprint density at radius 1 is 1.07 bits per heavy atom. The van der Waals surface area contributed by atoms with Crippen LogP contribution in [0.2, 0.25) is 0 Å². The molecule has 3 heteroatoms. The van der Waals surface area contributed by atoms with Crippen LogP contribution in [-0.2, 0) is 15.1 Å². The van der Waals surface area contributed by atoms with E-state index in [1.165, 1.54) is 11.1 Å². The second-order valence-corrected chi connectivity index (χ2v) is 5.44. The molecule has 0 spiro atoms. The minimum atomic E-state index is -0.426. The molecule has 0 N–H and O–H groups in total. The second-order valence-electron chi connectivity index (χ2n) is 4.27. The van der Waals surface area contributed by atoms with E-state index in [0.717, 1.165) is 5.69 Å². The van der Waals surface area contributed by atoms with Crippen molar-refractivity contribution in [1.82, 2.24) is 0 Å². The van der Waals surface area contributed by atoms with Gasteiger partial charge in [0.15, 0.2) is 0 Å². The standard InChI is InChI=1S/C12H17N.ClH.V/c1-8(2)10-6-5-7-11(9(3)4)12(10)13;;/h5-9H,1-4H3;1H;/q;;+1/p-1. The summed E-state index contributed by atoms with van der Waals surface area (Å²) in [6.45, 7) is 8.79. The predicted octanol–water partition coefficient (Wildman–Crippen LogP) is 4.98. The van der Waals surface area contributed by atoms with Gasteiger partial charge in [0, 0.05) is 0 Å². The Balaban J connectivity index is 3.34. The summed E-state index contributed by atoms with van der Waals surface area (Å²) in [6.07, 6.45) is 0. The fourth-order valence-electron chi connectivity index (χ4n) is 1.67. The van der Waals surface area contributed by atoms with E-state index < -0.39 is 15.1 Å². The van der Waals surface area contributed by atoms with Crippen LogP contribution in [0.4, 0.5) is 5.69 Å². The molecule has 1 rings (SSSR count). The van der Waals surface area contributed by atoms with Gasteiger partial charge in [-0.3, -0.25) is 0 Å². The van der Waals surface area contributed by atoms with Crippen LogP contribution in [0.1, 0.15) is 50.7 Å². The molecule has 0 unspecified atom stereocenters. The number of hydrogen-bond acceptors (Lipinski definition) is 1. The average Bonchev–Trinajstić information content (AvgIpc) is 2.17. The van der Waals surface area contributed by atoms with Crippen LogP contribution in [0.3, 0.4) is 0 Å². The van der Waals surface area contributed by atoms with Crippen molar-refractivity contribution in [2.45, 2.75) is 39.5 Å². The van der Waals surface area contributed by atoms with Crippen molar-refractivity contribution in [2.75, 3.05) is 0 Å². The zero-order chi connectivity index (χ0) is 11.4. The van der Waals surface area contributed by atoms with Crippen molar-refractivity contribution in [3.8, 4) is 0 Å². The minimum absolute atomic E-state index is 0.426. The molecule has 0 aliphatic rings. The molecular weight excluding hydrogens is 245 g/mol. The molecule has 0 amide bonds. The molecule has 0 atom stereocenters. The maximum atomic E-state index is 5.82. The van der Waals surface area contributed by atoms with Crippen LogP contribution < -0.4 is 0 Å². The second kappa shape index (κ2) is 5.84. The van der Waals surface area contributed by atoms with E-state index in [4.69, 9.17) is 9.85 Å². The van der Waals surface area contributed by atoms with Gasteiger partial charge >= 0.3 is 103 Å². The molecule has 0 aliphatic carbocycles. The third-order valence-corrected chi connectivity index (χ3v) is 3.22. The van der Waals surface area contributed by atoms with Gasteiger partial charge in [0.2, 0.25) is 0 Å². The fourth-order valence-corrected chi connectivity index (χ4v) is 2.46. The van der Waals surface area contributed by atoms with E-state index in [2.05, 4.69) is 49.7 Å². The third-order valence-electron chi connectivity index (χ3n) is 2.48. The summed E-state index contributed by atoms with van der Waals surface area (Å²) in [5.41, 5.74) is 3.77. The summed E-state index contributed by atoms with van der Waals surface area (Å²) in [5, 5.41) is 0. The number of halogens is 1. The Hall–Kier alpha value is -0.106. The molecule has 1 aromatic carbocycles. The van der Waals surface area contributed by atoms with E-state index in [0.29, 0.717) is 11.8 Å². The first kappa shape index (κ1) is 13.0. The van der Waals surface area contributed by atoms with Crippen molar-refractivity contribution in [3.05, 3.63) is 29.3 Å². The van der Waals surface area contributed by atoms with Crippen LogP contribution in [0.5, 0.6) is 0 Å². The average molecular weight is 262 g/mol. The first-order valence-corrected chi connectivity index (χ1v) is 7.77. The molecule has 0 radical (unpaired) electrons. The van der Waals surface area contributed by atoms with Gasteiger partial charge in [-0.25, -0.2) is 0 Å². The molecule has 82 valence electrons. The van der Waals surface area contributed by atoms with Gasteiger partial charge in [-0.05, 0) is 0 Å². The van der Waals surface area contributed by atoms with Gasteiger partial charge in [-0.15, -0.1) is 0 Å². The molecule has 0 bridgehead atoms. The normalized spacial score (nSPS) is 11.9. The van der Waals surface area contributed by atoms with E-state index in [9.17, 15) is 0 Å². The number of rotatable bonds is 3. The molecule has 0 aliphatic heterocycles. The van der Waals surface area contributed by atoms with Crippen molar-refractivity contribution < 1.29 is 15.1 Å². The van der Waals surface area contributed by atoms with Crippen LogP contribution in [0, 0.1) is 0 Å².